The molecule has 1 N–H and O–H groups in total. The molecule has 1 amide bonds. The molecule has 2 rings (SSSR count). The normalized spacial score (nSPS) is 24.4. The summed E-state index contributed by atoms with van der Waals surface area (Å²) in [4.78, 5) is 14.2. The third-order valence-corrected chi connectivity index (χ3v) is 3.24. The number of carbonyl (C=O) groups is 1. The van der Waals surface area contributed by atoms with Crippen LogP contribution in [0.3, 0.4) is 0 Å². The van der Waals surface area contributed by atoms with E-state index in [1.54, 1.807) is 0 Å². The van der Waals surface area contributed by atoms with Gasteiger partial charge < -0.3 is 10.2 Å². The van der Waals surface area contributed by atoms with Crippen molar-refractivity contribution >= 4 is 18.3 Å². The Kier molecular flexibility index (Phi) is 5.29. The molecule has 1 atom stereocenters. The third kappa shape index (κ3) is 3.22. The van der Waals surface area contributed by atoms with Gasteiger partial charge >= 0.3 is 0 Å². The van der Waals surface area contributed by atoms with Gasteiger partial charge in [0.15, 0.2) is 0 Å². The summed E-state index contributed by atoms with van der Waals surface area (Å²) in [6.45, 7) is 6.38. The number of hydrogen-bond donors (Lipinski definition) is 1. The third-order valence-electron chi connectivity index (χ3n) is 3.24. The van der Waals surface area contributed by atoms with Gasteiger partial charge in [-0.05, 0) is 32.2 Å². The maximum Gasteiger partial charge on any atom is 0.227 e. The summed E-state index contributed by atoms with van der Waals surface area (Å²) in [6.07, 6.45) is 6.38. The standard InChI is InChI=1S/C12H20N2O.ClH/c1-2-8-14(11-5-6-11)12(15)10-4-3-7-13-9-10;/h2,10-11,13H,1,3-9H2;1H/t10-;/m1./s1. The van der Waals surface area contributed by atoms with Crippen LogP contribution in [-0.4, -0.2) is 36.5 Å². The van der Waals surface area contributed by atoms with Crippen LogP contribution in [0.5, 0.6) is 0 Å². The average molecular weight is 245 g/mol. The van der Waals surface area contributed by atoms with E-state index in [2.05, 4.69) is 11.9 Å². The number of carbonyl (C=O) groups excluding carboxylic acids is 1. The van der Waals surface area contributed by atoms with E-state index in [-0.39, 0.29) is 18.3 Å². The highest BCUT2D eigenvalue weighted by Crippen LogP contribution is 2.29. The van der Waals surface area contributed by atoms with Crippen LogP contribution in [0.1, 0.15) is 25.7 Å². The molecule has 92 valence electrons. The van der Waals surface area contributed by atoms with E-state index < -0.39 is 0 Å². The fraction of sp³-hybridized carbons (Fsp3) is 0.750. The molecule has 0 aromatic heterocycles. The summed E-state index contributed by atoms with van der Waals surface area (Å²) in [5.41, 5.74) is 0. The lowest BCUT2D eigenvalue weighted by Gasteiger charge is -2.29. The van der Waals surface area contributed by atoms with E-state index in [1.807, 2.05) is 11.0 Å². The monoisotopic (exact) mass is 244 g/mol. The predicted molar refractivity (Wildman–Crippen MR) is 67.8 cm³/mol. The molecule has 16 heavy (non-hydrogen) atoms. The molecule has 1 saturated heterocycles. The first-order valence-electron chi connectivity index (χ1n) is 5.95. The van der Waals surface area contributed by atoms with Crippen LogP contribution in [0.2, 0.25) is 0 Å². The Morgan fingerprint density at radius 3 is 2.69 bits per heavy atom. The van der Waals surface area contributed by atoms with E-state index >= 15 is 0 Å². The first-order chi connectivity index (χ1) is 7.33. The van der Waals surface area contributed by atoms with Crippen molar-refractivity contribution in [1.29, 1.82) is 0 Å². The number of piperidine rings is 1. The number of rotatable bonds is 4. The molecule has 1 aliphatic heterocycles. The Morgan fingerprint density at radius 2 is 2.19 bits per heavy atom. The zero-order chi connectivity index (χ0) is 10.7. The molecule has 0 unspecified atom stereocenters. The van der Waals surface area contributed by atoms with Crippen molar-refractivity contribution in [1.82, 2.24) is 10.2 Å². The molecule has 0 aromatic carbocycles. The van der Waals surface area contributed by atoms with Gasteiger partial charge in [-0.2, -0.15) is 0 Å². The summed E-state index contributed by atoms with van der Waals surface area (Å²) in [5.74, 6) is 0.545. The van der Waals surface area contributed by atoms with E-state index in [1.165, 1.54) is 12.8 Å². The predicted octanol–water partition coefficient (Wildman–Crippen LogP) is 1.58. The molecule has 0 aromatic rings. The fourth-order valence-corrected chi connectivity index (χ4v) is 2.24. The highest BCUT2D eigenvalue weighted by atomic mass is 35.5. The number of amides is 1. The van der Waals surface area contributed by atoms with Crippen molar-refractivity contribution in [2.45, 2.75) is 31.7 Å². The number of nitrogens with one attached hydrogen (secondary N) is 1. The summed E-state index contributed by atoms with van der Waals surface area (Å²) < 4.78 is 0. The Labute approximate surface area is 104 Å². The van der Waals surface area contributed by atoms with E-state index in [9.17, 15) is 4.79 Å². The first kappa shape index (κ1) is 13.5. The molecular formula is C12H21ClN2O. The Bertz CT molecular complexity index is 247. The molecule has 2 aliphatic rings. The topological polar surface area (TPSA) is 32.3 Å². The summed E-state index contributed by atoms with van der Waals surface area (Å²) >= 11 is 0. The molecule has 0 bridgehead atoms. The van der Waals surface area contributed by atoms with Crippen LogP contribution in [0.4, 0.5) is 0 Å². The maximum atomic E-state index is 12.2. The van der Waals surface area contributed by atoms with Crippen LogP contribution in [-0.2, 0) is 4.79 Å². The zero-order valence-electron chi connectivity index (χ0n) is 9.65. The van der Waals surface area contributed by atoms with Crippen molar-refractivity contribution in [3.05, 3.63) is 12.7 Å². The van der Waals surface area contributed by atoms with E-state index in [0.717, 1.165) is 32.5 Å². The second-order valence-corrected chi connectivity index (χ2v) is 4.55. The van der Waals surface area contributed by atoms with Crippen molar-refractivity contribution in [3.8, 4) is 0 Å². The van der Waals surface area contributed by atoms with E-state index in [0.29, 0.717) is 11.9 Å². The minimum absolute atomic E-state index is 0. The van der Waals surface area contributed by atoms with Crippen LogP contribution in [0.15, 0.2) is 12.7 Å². The molecule has 4 heteroatoms. The van der Waals surface area contributed by atoms with Crippen LogP contribution >= 0.6 is 12.4 Å². The number of hydrogen-bond acceptors (Lipinski definition) is 2. The Balaban J connectivity index is 0.00000128. The van der Waals surface area contributed by atoms with Crippen molar-refractivity contribution in [3.63, 3.8) is 0 Å². The van der Waals surface area contributed by atoms with Gasteiger partial charge in [0, 0.05) is 19.1 Å². The van der Waals surface area contributed by atoms with Gasteiger partial charge in [0.2, 0.25) is 5.91 Å². The molecule has 2 fully saturated rings. The highest BCUT2D eigenvalue weighted by Gasteiger charge is 2.35. The summed E-state index contributed by atoms with van der Waals surface area (Å²) in [6, 6.07) is 0.512. The van der Waals surface area contributed by atoms with E-state index in [4.69, 9.17) is 0 Å². The second-order valence-electron chi connectivity index (χ2n) is 4.55. The zero-order valence-corrected chi connectivity index (χ0v) is 10.5. The summed E-state index contributed by atoms with van der Waals surface area (Å²) in [5, 5.41) is 3.30. The van der Waals surface area contributed by atoms with Crippen LogP contribution in [0, 0.1) is 5.92 Å². The lowest BCUT2D eigenvalue weighted by Crippen LogP contribution is -2.44. The largest absolute Gasteiger partial charge is 0.336 e. The van der Waals surface area contributed by atoms with Gasteiger partial charge in [-0.15, -0.1) is 19.0 Å². The lowest BCUT2D eigenvalue weighted by atomic mass is 9.98. The quantitative estimate of drug-likeness (QED) is 0.762. The van der Waals surface area contributed by atoms with Gasteiger partial charge in [0.25, 0.3) is 0 Å². The maximum absolute atomic E-state index is 12.2. The molecule has 3 nitrogen and oxygen atoms in total. The lowest BCUT2D eigenvalue weighted by molar-refractivity contribution is -0.136. The van der Waals surface area contributed by atoms with Crippen molar-refractivity contribution < 1.29 is 4.79 Å². The number of nitrogens with zero attached hydrogens (tertiary/aromatic N) is 1. The minimum atomic E-state index is 0. The molecule has 0 spiro atoms. The van der Waals surface area contributed by atoms with Crippen molar-refractivity contribution in [2.24, 2.45) is 5.92 Å². The number of halogens is 1. The van der Waals surface area contributed by atoms with Gasteiger partial charge in [0.1, 0.15) is 0 Å². The Hall–Kier alpha value is -0.540. The second kappa shape index (κ2) is 6.26. The van der Waals surface area contributed by atoms with Gasteiger partial charge in [-0.1, -0.05) is 6.08 Å². The fourth-order valence-electron chi connectivity index (χ4n) is 2.24. The molecule has 1 heterocycles. The smallest absolute Gasteiger partial charge is 0.227 e. The average Bonchev–Trinajstić information content (AvgIpc) is 3.10. The van der Waals surface area contributed by atoms with Crippen LogP contribution < -0.4 is 5.32 Å². The molecule has 1 aliphatic carbocycles. The SMILES string of the molecule is C=CCN(C(=O)[C@@H]1CCCNC1)C1CC1.Cl. The first-order valence-corrected chi connectivity index (χ1v) is 5.95. The summed E-state index contributed by atoms with van der Waals surface area (Å²) in [7, 11) is 0. The van der Waals surface area contributed by atoms with Gasteiger partial charge in [-0.3, -0.25) is 4.79 Å². The highest BCUT2D eigenvalue weighted by molar-refractivity contribution is 5.85. The molecule has 0 radical (unpaired) electrons. The van der Waals surface area contributed by atoms with Crippen LogP contribution in [0.25, 0.3) is 0 Å². The van der Waals surface area contributed by atoms with Gasteiger partial charge in [0.05, 0.1) is 5.92 Å². The van der Waals surface area contributed by atoms with Crippen molar-refractivity contribution in [2.75, 3.05) is 19.6 Å². The molecule has 1 saturated carbocycles. The Morgan fingerprint density at radius 1 is 1.44 bits per heavy atom. The molecular weight excluding hydrogens is 224 g/mol. The minimum Gasteiger partial charge on any atom is -0.336 e. The van der Waals surface area contributed by atoms with Gasteiger partial charge in [-0.25, -0.2) is 0 Å².